The molecule has 2 aromatic carbocycles. The van der Waals surface area contributed by atoms with Gasteiger partial charge in [0.15, 0.2) is 5.78 Å². The Morgan fingerprint density at radius 3 is 2.81 bits per heavy atom. The van der Waals surface area contributed by atoms with Gasteiger partial charge in [-0.2, -0.15) is 0 Å². The van der Waals surface area contributed by atoms with Gasteiger partial charge in [0.05, 0.1) is 0 Å². The van der Waals surface area contributed by atoms with E-state index in [9.17, 15) is 9.59 Å². The number of carboxylic acid groups (broad SMARTS) is 1. The van der Waals surface area contributed by atoms with Gasteiger partial charge in [-0.25, -0.2) is 4.79 Å². The van der Waals surface area contributed by atoms with Gasteiger partial charge < -0.3 is 10.4 Å². The number of nitrogens with one attached hydrogen (secondary N) is 1. The van der Waals surface area contributed by atoms with E-state index in [0.717, 1.165) is 26.5 Å². The number of ketones is 1. The monoisotopic (exact) mass is 299 g/mol. The standard InChI is InChI=1S/C16H13NO3S/c18-13-8-11-7-10(9-17-16(19)20)5-6-14(11)21-15-4-2-1-3-12(13)15/h1-7,17H,8-9H2,(H,19,20). The molecule has 3 rings (SSSR count). The molecular weight excluding hydrogens is 286 g/mol. The quantitative estimate of drug-likeness (QED) is 0.892. The summed E-state index contributed by atoms with van der Waals surface area (Å²) in [5.41, 5.74) is 2.56. The van der Waals surface area contributed by atoms with Gasteiger partial charge in [0.2, 0.25) is 0 Å². The van der Waals surface area contributed by atoms with Crippen molar-refractivity contribution in [3.63, 3.8) is 0 Å². The third kappa shape index (κ3) is 2.92. The molecule has 4 nitrogen and oxygen atoms in total. The first-order valence-electron chi connectivity index (χ1n) is 6.52. The van der Waals surface area contributed by atoms with E-state index in [1.54, 1.807) is 11.8 Å². The van der Waals surface area contributed by atoms with E-state index in [-0.39, 0.29) is 12.3 Å². The minimum Gasteiger partial charge on any atom is -0.465 e. The van der Waals surface area contributed by atoms with Crippen LogP contribution in [0.3, 0.4) is 0 Å². The Kier molecular flexibility index (Phi) is 3.66. The third-order valence-electron chi connectivity index (χ3n) is 3.33. The highest BCUT2D eigenvalue weighted by atomic mass is 32.2. The normalized spacial score (nSPS) is 13.0. The number of rotatable bonds is 2. The van der Waals surface area contributed by atoms with E-state index in [1.165, 1.54) is 0 Å². The van der Waals surface area contributed by atoms with Crippen LogP contribution in [0, 0.1) is 0 Å². The summed E-state index contributed by atoms with van der Waals surface area (Å²) in [6.07, 6.45) is -0.705. The fraction of sp³-hybridized carbons (Fsp3) is 0.125. The Hall–Kier alpha value is -2.27. The van der Waals surface area contributed by atoms with Crippen molar-refractivity contribution < 1.29 is 14.7 Å². The van der Waals surface area contributed by atoms with Gasteiger partial charge in [0.1, 0.15) is 0 Å². The molecule has 1 heterocycles. The zero-order chi connectivity index (χ0) is 14.8. The van der Waals surface area contributed by atoms with Gasteiger partial charge in [-0.05, 0) is 23.3 Å². The molecule has 5 heteroatoms. The van der Waals surface area contributed by atoms with Gasteiger partial charge >= 0.3 is 6.09 Å². The number of fused-ring (bicyclic) bond motifs is 2. The van der Waals surface area contributed by atoms with Crippen LogP contribution in [0.4, 0.5) is 4.79 Å². The van der Waals surface area contributed by atoms with E-state index >= 15 is 0 Å². The first-order chi connectivity index (χ1) is 10.1. The van der Waals surface area contributed by atoms with E-state index in [2.05, 4.69) is 5.32 Å². The topological polar surface area (TPSA) is 66.4 Å². The predicted molar refractivity (Wildman–Crippen MR) is 79.9 cm³/mol. The molecule has 0 fully saturated rings. The summed E-state index contributed by atoms with van der Waals surface area (Å²) in [5.74, 6) is 0.0974. The highest BCUT2D eigenvalue weighted by Crippen LogP contribution is 2.37. The summed E-state index contributed by atoms with van der Waals surface area (Å²) in [4.78, 5) is 24.9. The van der Waals surface area contributed by atoms with E-state index in [4.69, 9.17) is 5.11 Å². The number of benzene rings is 2. The van der Waals surface area contributed by atoms with Crippen LogP contribution in [0.1, 0.15) is 21.5 Å². The average Bonchev–Trinajstić information content (AvgIpc) is 2.61. The third-order valence-corrected chi connectivity index (χ3v) is 4.52. The van der Waals surface area contributed by atoms with Crippen LogP contribution < -0.4 is 5.32 Å². The molecule has 0 aliphatic carbocycles. The smallest absolute Gasteiger partial charge is 0.404 e. The maximum atomic E-state index is 12.3. The van der Waals surface area contributed by atoms with Crippen molar-refractivity contribution in [2.45, 2.75) is 22.8 Å². The molecule has 2 N–H and O–H groups in total. The fourth-order valence-electron chi connectivity index (χ4n) is 2.33. The predicted octanol–water partition coefficient (Wildman–Crippen LogP) is 3.34. The molecule has 0 atom stereocenters. The second-order valence-corrected chi connectivity index (χ2v) is 5.88. The summed E-state index contributed by atoms with van der Waals surface area (Å²) in [5, 5.41) is 11.0. The molecule has 0 saturated heterocycles. The molecule has 0 aromatic heterocycles. The molecule has 2 aromatic rings. The molecular formula is C16H13NO3S. The largest absolute Gasteiger partial charge is 0.465 e. The zero-order valence-corrected chi connectivity index (χ0v) is 11.9. The highest BCUT2D eigenvalue weighted by molar-refractivity contribution is 7.99. The molecule has 0 bridgehead atoms. The molecule has 1 aliphatic heterocycles. The first kappa shape index (κ1) is 13.7. The van der Waals surface area contributed by atoms with Gasteiger partial charge in [-0.1, -0.05) is 42.1 Å². The van der Waals surface area contributed by atoms with Crippen molar-refractivity contribution in [2.24, 2.45) is 0 Å². The molecule has 21 heavy (non-hydrogen) atoms. The number of carbonyl (C=O) groups excluding carboxylic acids is 1. The number of hydrogen-bond acceptors (Lipinski definition) is 3. The Labute approximate surface area is 126 Å². The van der Waals surface area contributed by atoms with Crippen LogP contribution in [-0.4, -0.2) is 17.0 Å². The molecule has 0 radical (unpaired) electrons. The van der Waals surface area contributed by atoms with Crippen LogP contribution in [-0.2, 0) is 13.0 Å². The average molecular weight is 299 g/mol. The van der Waals surface area contributed by atoms with Crippen molar-refractivity contribution in [1.29, 1.82) is 0 Å². The molecule has 106 valence electrons. The second kappa shape index (κ2) is 5.61. The maximum Gasteiger partial charge on any atom is 0.404 e. The van der Waals surface area contributed by atoms with Gasteiger partial charge in [-0.15, -0.1) is 0 Å². The second-order valence-electron chi connectivity index (χ2n) is 4.80. The molecule has 0 saturated carbocycles. The summed E-state index contributed by atoms with van der Waals surface area (Å²) in [6, 6.07) is 13.3. The van der Waals surface area contributed by atoms with E-state index in [1.807, 2.05) is 42.5 Å². The van der Waals surface area contributed by atoms with Crippen molar-refractivity contribution in [2.75, 3.05) is 0 Å². The van der Waals surface area contributed by atoms with Gasteiger partial charge in [0, 0.05) is 28.3 Å². The Morgan fingerprint density at radius 2 is 2.00 bits per heavy atom. The number of amides is 1. The lowest BCUT2D eigenvalue weighted by Crippen LogP contribution is -2.20. The van der Waals surface area contributed by atoms with E-state index in [0.29, 0.717) is 6.42 Å². The van der Waals surface area contributed by atoms with Crippen molar-refractivity contribution in [1.82, 2.24) is 5.32 Å². The van der Waals surface area contributed by atoms with Crippen molar-refractivity contribution in [3.8, 4) is 0 Å². The number of carbonyl (C=O) groups is 2. The lowest BCUT2D eigenvalue weighted by Gasteiger charge is -2.08. The molecule has 0 unspecified atom stereocenters. The summed E-state index contributed by atoms with van der Waals surface area (Å²) >= 11 is 1.58. The van der Waals surface area contributed by atoms with Crippen LogP contribution in [0.25, 0.3) is 0 Å². The first-order valence-corrected chi connectivity index (χ1v) is 7.34. The lowest BCUT2D eigenvalue weighted by atomic mass is 10.0. The summed E-state index contributed by atoms with van der Waals surface area (Å²) < 4.78 is 0. The Morgan fingerprint density at radius 1 is 1.19 bits per heavy atom. The van der Waals surface area contributed by atoms with Crippen molar-refractivity contribution in [3.05, 3.63) is 59.2 Å². The minimum atomic E-state index is -1.05. The van der Waals surface area contributed by atoms with Crippen LogP contribution >= 0.6 is 11.8 Å². The number of hydrogen-bond donors (Lipinski definition) is 2. The zero-order valence-electron chi connectivity index (χ0n) is 11.1. The van der Waals surface area contributed by atoms with Gasteiger partial charge in [-0.3, -0.25) is 4.79 Å². The van der Waals surface area contributed by atoms with Gasteiger partial charge in [0.25, 0.3) is 0 Å². The Bertz CT molecular complexity index is 727. The summed E-state index contributed by atoms with van der Waals surface area (Å²) in [6.45, 7) is 0.244. The molecule has 1 aliphatic rings. The molecule has 1 amide bonds. The van der Waals surface area contributed by atoms with Crippen molar-refractivity contribution >= 4 is 23.6 Å². The fourth-order valence-corrected chi connectivity index (χ4v) is 3.40. The Balaban J connectivity index is 1.93. The lowest BCUT2D eigenvalue weighted by molar-refractivity contribution is 0.0990. The minimum absolute atomic E-state index is 0.0974. The van der Waals surface area contributed by atoms with E-state index < -0.39 is 6.09 Å². The number of Topliss-reactive ketones (excluding diaryl/α,β-unsaturated/α-hetero) is 1. The van der Waals surface area contributed by atoms with Crippen LogP contribution in [0.2, 0.25) is 0 Å². The maximum absolute atomic E-state index is 12.3. The van der Waals surface area contributed by atoms with Crippen LogP contribution in [0.15, 0.2) is 52.3 Å². The summed E-state index contributed by atoms with van der Waals surface area (Å²) in [7, 11) is 0. The SMILES string of the molecule is O=C(O)NCc1ccc2c(c1)CC(=O)c1ccccc1S2. The van der Waals surface area contributed by atoms with Crippen LogP contribution in [0.5, 0.6) is 0 Å². The highest BCUT2D eigenvalue weighted by Gasteiger charge is 2.20. The molecule has 0 spiro atoms.